The van der Waals surface area contributed by atoms with Crippen LogP contribution >= 0.6 is 0 Å². The van der Waals surface area contributed by atoms with E-state index in [-0.39, 0.29) is 11.7 Å². The van der Waals surface area contributed by atoms with Crippen molar-refractivity contribution in [3.63, 3.8) is 0 Å². The molecule has 0 saturated heterocycles. The lowest BCUT2D eigenvalue weighted by molar-refractivity contribution is -0.155. The number of carboxylic acids is 1. The molecule has 6 nitrogen and oxygen atoms in total. The average molecular weight is 237 g/mol. The highest BCUT2D eigenvalue weighted by atomic mass is 32.2. The summed E-state index contributed by atoms with van der Waals surface area (Å²) in [6, 6.07) is 0. The first-order valence-corrected chi connectivity index (χ1v) is 6.31. The molecular weight excluding hydrogens is 222 g/mol. The first-order chi connectivity index (χ1) is 6.73. The third-order valence-electron chi connectivity index (χ3n) is 2.25. The molecule has 0 heterocycles. The zero-order valence-electron chi connectivity index (χ0n) is 8.43. The van der Waals surface area contributed by atoms with E-state index in [0.29, 0.717) is 0 Å². The lowest BCUT2D eigenvalue weighted by Gasteiger charge is -2.18. The molecule has 15 heavy (non-hydrogen) atoms. The van der Waals surface area contributed by atoms with E-state index >= 15 is 0 Å². The minimum absolute atomic E-state index is 0.0166. The summed E-state index contributed by atoms with van der Waals surface area (Å²) in [5.41, 5.74) is -2.06. The largest absolute Gasteiger partial charge is 0.479 e. The second-order valence-corrected chi connectivity index (χ2v) is 5.98. The van der Waals surface area contributed by atoms with Gasteiger partial charge in [-0.2, -0.15) is 0 Å². The summed E-state index contributed by atoms with van der Waals surface area (Å²) in [5.74, 6) is -1.24. The molecule has 7 heteroatoms. The van der Waals surface area contributed by atoms with Crippen LogP contribution in [-0.4, -0.2) is 42.5 Å². The molecule has 0 amide bonds. The number of aliphatic carboxylic acids is 1. The minimum Gasteiger partial charge on any atom is -0.479 e. The Bertz CT molecular complexity index is 344. The first-order valence-electron chi connectivity index (χ1n) is 4.66. The first kappa shape index (κ1) is 12.4. The van der Waals surface area contributed by atoms with E-state index in [0.717, 1.165) is 19.8 Å². The topological polar surface area (TPSA) is 104 Å². The van der Waals surface area contributed by atoms with Crippen LogP contribution < -0.4 is 4.72 Å². The van der Waals surface area contributed by atoms with Crippen molar-refractivity contribution >= 4 is 16.0 Å². The minimum atomic E-state index is -3.46. The highest BCUT2D eigenvalue weighted by molar-refractivity contribution is 7.89. The van der Waals surface area contributed by atoms with Crippen LogP contribution in [0.2, 0.25) is 0 Å². The average Bonchev–Trinajstić information content (AvgIpc) is 2.84. The van der Waals surface area contributed by atoms with Gasteiger partial charge in [-0.1, -0.05) is 0 Å². The van der Waals surface area contributed by atoms with Gasteiger partial charge in [0.1, 0.15) is 0 Å². The highest BCUT2D eigenvalue weighted by Gasteiger charge is 2.33. The fraction of sp³-hybridized carbons (Fsp3) is 0.875. The summed E-state index contributed by atoms with van der Waals surface area (Å²) in [6.45, 7) is 0.548. The van der Waals surface area contributed by atoms with Gasteiger partial charge < -0.3 is 10.2 Å². The Morgan fingerprint density at radius 1 is 1.53 bits per heavy atom. The zero-order chi connectivity index (χ0) is 11.7. The van der Waals surface area contributed by atoms with Crippen LogP contribution in [0.1, 0.15) is 19.8 Å². The van der Waals surface area contributed by atoms with Gasteiger partial charge in [-0.05, 0) is 25.7 Å². The number of hydrogen-bond acceptors (Lipinski definition) is 4. The smallest absolute Gasteiger partial charge is 0.336 e. The Hall–Kier alpha value is -0.660. The highest BCUT2D eigenvalue weighted by Crippen LogP contribution is 2.29. The number of carboxylic acid groups (broad SMARTS) is 1. The molecular formula is C8H15NO5S. The monoisotopic (exact) mass is 237 g/mol. The SMILES string of the molecule is CC(O)(CNS(=O)(=O)CC1CC1)C(=O)O. The molecule has 0 aromatic rings. The third-order valence-corrected chi connectivity index (χ3v) is 3.74. The van der Waals surface area contributed by atoms with Crippen molar-refractivity contribution in [3.8, 4) is 0 Å². The van der Waals surface area contributed by atoms with Crippen LogP contribution in [0.15, 0.2) is 0 Å². The number of rotatable bonds is 6. The van der Waals surface area contributed by atoms with E-state index in [4.69, 9.17) is 5.11 Å². The fourth-order valence-electron chi connectivity index (χ4n) is 0.980. The Labute approximate surface area is 88.3 Å². The summed E-state index contributed by atoms with van der Waals surface area (Å²) >= 11 is 0. The molecule has 0 spiro atoms. The number of hydrogen-bond donors (Lipinski definition) is 3. The van der Waals surface area contributed by atoms with Crippen molar-refractivity contribution in [2.45, 2.75) is 25.4 Å². The Morgan fingerprint density at radius 2 is 2.07 bits per heavy atom. The molecule has 1 rings (SSSR count). The van der Waals surface area contributed by atoms with Crippen LogP contribution in [0.5, 0.6) is 0 Å². The van der Waals surface area contributed by atoms with Gasteiger partial charge in [0.15, 0.2) is 5.60 Å². The predicted molar refractivity (Wildman–Crippen MR) is 52.8 cm³/mol. The summed E-state index contributed by atoms with van der Waals surface area (Å²) in [7, 11) is -3.46. The van der Waals surface area contributed by atoms with Gasteiger partial charge in [0.05, 0.1) is 5.75 Å². The van der Waals surface area contributed by atoms with E-state index in [2.05, 4.69) is 4.72 Å². The normalized spacial score (nSPS) is 20.9. The third kappa shape index (κ3) is 4.15. The molecule has 1 atom stereocenters. The molecule has 0 radical (unpaired) electrons. The maximum absolute atomic E-state index is 11.3. The van der Waals surface area contributed by atoms with E-state index < -0.39 is 28.1 Å². The van der Waals surface area contributed by atoms with Crippen molar-refractivity contribution < 1.29 is 23.4 Å². The number of sulfonamides is 1. The molecule has 1 saturated carbocycles. The molecule has 0 aliphatic heterocycles. The molecule has 1 aliphatic rings. The zero-order valence-corrected chi connectivity index (χ0v) is 9.25. The maximum atomic E-state index is 11.3. The molecule has 0 aromatic carbocycles. The molecule has 1 aliphatic carbocycles. The lowest BCUT2D eigenvalue weighted by atomic mass is 10.1. The molecule has 1 unspecified atom stereocenters. The number of nitrogens with one attached hydrogen (secondary N) is 1. The van der Waals surface area contributed by atoms with E-state index in [1.54, 1.807) is 0 Å². The van der Waals surface area contributed by atoms with Gasteiger partial charge in [-0.3, -0.25) is 0 Å². The van der Waals surface area contributed by atoms with Crippen molar-refractivity contribution in [3.05, 3.63) is 0 Å². The molecule has 1 fully saturated rings. The van der Waals surface area contributed by atoms with Crippen LogP contribution in [-0.2, 0) is 14.8 Å². The Kier molecular flexibility index (Phi) is 3.37. The van der Waals surface area contributed by atoms with Crippen molar-refractivity contribution in [2.75, 3.05) is 12.3 Å². The predicted octanol–water partition coefficient (Wildman–Crippen LogP) is -0.849. The van der Waals surface area contributed by atoms with Crippen molar-refractivity contribution in [1.82, 2.24) is 4.72 Å². The van der Waals surface area contributed by atoms with Crippen molar-refractivity contribution in [1.29, 1.82) is 0 Å². The van der Waals surface area contributed by atoms with Crippen LogP contribution in [0.3, 0.4) is 0 Å². The molecule has 0 aromatic heterocycles. The number of aliphatic hydroxyl groups is 1. The quantitative estimate of drug-likeness (QED) is 0.558. The van der Waals surface area contributed by atoms with E-state index in [1.807, 2.05) is 0 Å². The van der Waals surface area contributed by atoms with Gasteiger partial charge in [-0.25, -0.2) is 17.9 Å². The Balaban J connectivity index is 2.44. The van der Waals surface area contributed by atoms with Gasteiger partial charge in [0, 0.05) is 6.54 Å². The van der Waals surface area contributed by atoms with E-state index in [1.165, 1.54) is 0 Å². The number of carbonyl (C=O) groups is 1. The molecule has 88 valence electrons. The molecule has 3 N–H and O–H groups in total. The van der Waals surface area contributed by atoms with Crippen molar-refractivity contribution in [2.24, 2.45) is 5.92 Å². The second-order valence-electron chi connectivity index (χ2n) is 4.12. The molecule has 0 bridgehead atoms. The standard InChI is InChI=1S/C8H15NO5S/c1-8(12,7(10)11)5-9-15(13,14)4-6-2-3-6/h6,9,12H,2-5H2,1H3,(H,10,11). The fourth-order valence-corrected chi connectivity index (χ4v) is 2.55. The Morgan fingerprint density at radius 3 is 2.47 bits per heavy atom. The van der Waals surface area contributed by atoms with Crippen LogP contribution in [0.4, 0.5) is 0 Å². The van der Waals surface area contributed by atoms with Gasteiger partial charge in [-0.15, -0.1) is 0 Å². The maximum Gasteiger partial charge on any atom is 0.336 e. The summed E-state index contributed by atoms with van der Waals surface area (Å²) in [4.78, 5) is 10.5. The summed E-state index contributed by atoms with van der Waals surface area (Å²) in [6.07, 6.45) is 1.80. The van der Waals surface area contributed by atoms with E-state index in [9.17, 15) is 18.3 Å². The summed E-state index contributed by atoms with van der Waals surface area (Å²) < 4.78 is 24.8. The van der Waals surface area contributed by atoms with Gasteiger partial charge in [0.2, 0.25) is 10.0 Å². The lowest BCUT2D eigenvalue weighted by Crippen LogP contribution is -2.47. The van der Waals surface area contributed by atoms with Gasteiger partial charge in [0.25, 0.3) is 0 Å². The van der Waals surface area contributed by atoms with Crippen LogP contribution in [0.25, 0.3) is 0 Å². The van der Waals surface area contributed by atoms with Gasteiger partial charge >= 0.3 is 5.97 Å². The van der Waals surface area contributed by atoms with Crippen LogP contribution in [0, 0.1) is 5.92 Å². The second kappa shape index (κ2) is 4.07. The summed E-state index contributed by atoms with van der Waals surface area (Å²) in [5, 5.41) is 17.8.